The Morgan fingerprint density at radius 2 is 2.25 bits per heavy atom. The van der Waals surface area contributed by atoms with Crippen LogP contribution in [0, 0.1) is 10.1 Å². The quantitative estimate of drug-likeness (QED) is 0.448. The Balaban J connectivity index is 3.46. The highest BCUT2D eigenvalue weighted by Gasteiger charge is 2.24. The third-order valence-corrected chi connectivity index (χ3v) is 1.75. The molecule has 0 radical (unpaired) electrons. The molecule has 8 heteroatoms. The van der Waals surface area contributed by atoms with Crippen LogP contribution in [0.5, 0.6) is 5.88 Å². The molecule has 16 heavy (non-hydrogen) atoms. The van der Waals surface area contributed by atoms with Crippen molar-refractivity contribution in [1.29, 1.82) is 0 Å². The van der Waals surface area contributed by atoms with E-state index in [1.807, 2.05) is 0 Å². The fourth-order valence-corrected chi connectivity index (χ4v) is 1.06. The fourth-order valence-electron chi connectivity index (χ4n) is 1.06. The average Bonchev–Trinajstić information content (AvgIpc) is 2.26. The predicted octanol–water partition coefficient (Wildman–Crippen LogP) is 1.75. The highest BCUT2D eigenvalue weighted by molar-refractivity contribution is 5.78. The van der Waals surface area contributed by atoms with E-state index in [1.54, 1.807) is 0 Å². The number of rotatable bonds is 4. The molecule has 0 atom stereocenters. The number of pyridine rings is 1. The molecule has 0 saturated carbocycles. The number of nitrogens with zero attached hydrogens (tertiary/aromatic N) is 2. The lowest BCUT2D eigenvalue weighted by atomic mass is 10.2. The zero-order valence-corrected chi connectivity index (χ0v) is 8.02. The third kappa shape index (κ3) is 2.10. The van der Waals surface area contributed by atoms with Crippen LogP contribution in [-0.4, -0.2) is 23.3 Å². The number of carbonyl (C=O) groups excluding carboxylic acids is 1. The molecule has 0 amide bonds. The van der Waals surface area contributed by atoms with E-state index in [0.717, 1.165) is 7.11 Å². The molecule has 0 aliphatic carbocycles. The van der Waals surface area contributed by atoms with E-state index in [4.69, 9.17) is 0 Å². The van der Waals surface area contributed by atoms with E-state index in [9.17, 15) is 23.7 Å². The number of hydrogen-bond acceptors (Lipinski definition) is 5. The Morgan fingerprint density at radius 3 is 2.62 bits per heavy atom. The second-order valence-electron chi connectivity index (χ2n) is 2.67. The van der Waals surface area contributed by atoms with E-state index in [-0.39, 0.29) is 6.29 Å². The summed E-state index contributed by atoms with van der Waals surface area (Å²) in [5.41, 5.74) is -1.99. The lowest BCUT2D eigenvalue weighted by Gasteiger charge is -2.05. The second kappa shape index (κ2) is 4.60. The number of carbonyl (C=O) groups is 1. The van der Waals surface area contributed by atoms with Crippen molar-refractivity contribution in [3.63, 3.8) is 0 Å². The molecule has 0 N–H and O–H groups in total. The molecule has 0 saturated heterocycles. The van der Waals surface area contributed by atoms with Gasteiger partial charge in [0.05, 0.1) is 12.0 Å². The van der Waals surface area contributed by atoms with Gasteiger partial charge in [0.1, 0.15) is 5.69 Å². The van der Waals surface area contributed by atoms with E-state index in [1.165, 1.54) is 0 Å². The van der Waals surface area contributed by atoms with Crippen molar-refractivity contribution < 1.29 is 23.2 Å². The van der Waals surface area contributed by atoms with Gasteiger partial charge in [0, 0.05) is 11.6 Å². The number of alkyl halides is 2. The van der Waals surface area contributed by atoms with Crippen LogP contribution >= 0.6 is 0 Å². The first kappa shape index (κ1) is 12.0. The molecule has 0 bridgehead atoms. The second-order valence-corrected chi connectivity index (χ2v) is 2.67. The van der Waals surface area contributed by atoms with Crippen LogP contribution in [0.1, 0.15) is 22.5 Å². The number of nitro groups is 1. The number of methoxy groups -OCH3 is 1. The van der Waals surface area contributed by atoms with E-state index in [2.05, 4.69) is 9.72 Å². The maximum Gasteiger partial charge on any atom is 0.331 e. The predicted molar refractivity (Wildman–Crippen MR) is 47.8 cm³/mol. The maximum atomic E-state index is 12.4. The van der Waals surface area contributed by atoms with Crippen LogP contribution in [-0.2, 0) is 0 Å². The normalized spacial score (nSPS) is 10.2. The number of aldehydes is 1. The topological polar surface area (TPSA) is 82.3 Å². The summed E-state index contributed by atoms with van der Waals surface area (Å²) in [7, 11) is 1.06. The van der Waals surface area contributed by atoms with Crippen molar-refractivity contribution in [3.05, 3.63) is 27.4 Å². The largest absolute Gasteiger partial charge is 0.476 e. The SMILES string of the molecule is COc1nc(C(F)F)c(C=O)cc1[N+](=O)[O-]. The highest BCUT2D eigenvalue weighted by Crippen LogP contribution is 2.30. The zero-order chi connectivity index (χ0) is 12.3. The Morgan fingerprint density at radius 1 is 1.62 bits per heavy atom. The fraction of sp³-hybridized carbons (Fsp3) is 0.250. The monoisotopic (exact) mass is 232 g/mol. The molecule has 0 spiro atoms. The zero-order valence-electron chi connectivity index (χ0n) is 8.02. The maximum absolute atomic E-state index is 12.4. The highest BCUT2D eigenvalue weighted by atomic mass is 19.3. The van der Waals surface area contributed by atoms with Gasteiger partial charge in [-0.25, -0.2) is 13.8 Å². The minimum Gasteiger partial charge on any atom is -0.476 e. The molecule has 0 aliphatic rings. The van der Waals surface area contributed by atoms with Gasteiger partial charge in [0.25, 0.3) is 12.3 Å². The van der Waals surface area contributed by atoms with Gasteiger partial charge >= 0.3 is 5.69 Å². The lowest BCUT2D eigenvalue weighted by molar-refractivity contribution is -0.386. The summed E-state index contributed by atoms with van der Waals surface area (Å²) in [6, 6.07) is 0.709. The Kier molecular flexibility index (Phi) is 3.44. The summed E-state index contributed by atoms with van der Waals surface area (Å²) in [6.07, 6.45) is -2.92. The van der Waals surface area contributed by atoms with Crippen LogP contribution in [0.15, 0.2) is 6.07 Å². The van der Waals surface area contributed by atoms with Gasteiger partial charge in [-0.1, -0.05) is 0 Å². The molecule has 86 valence electrons. The van der Waals surface area contributed by atoms with Crippen LogP contribution in [0.2, 0.25) is 0 Å². The molecule has 0 aromatic carbocycles. The van der Waals surface area contributed by atoms with Crippen LogP contribution in [0.4, 0.5) is 14.5 Å². The molecule has 1 rings (SSSR count). The van der Waals surface area contributed by atoms with Crippen LogP contribution < -0.4 is 4.74 Å². The molecule has 0 unspecified atom stereocenters. The van der Waals surface area contributed by atoms with Gasteiger partial charge < -0.3 is 4.74 Å². The van der Waals surface area contributed by atoms with E-state index < -0.39 is 34.2 Å². The molecule has 1 aromatic rings. The Hall–Kier alpha value is -2.12. The minimum atomic E-state index is -3.00. The van der Waals surface area contributed by atoms with E-state index in [0.29, 0.717) is 6.07 Å². The molecule has 1 heterocycles. The number of ether oxygens (including phenoxy) is 1. The molecule has 0 fully saturated rings. The van der Waals surface area contributed by atoms with Crippen LogP contribution in [0.3, 0.4) is 0 Å². The van der Waals surface area contributed by atoms with Gasteiger partial charge in [-0.3, -0.25) is 14.9 Å². The minimum absolute atomic E-state index is 0.0843. The van der Waals surface area contributed by atoms with Gasteiger partial charge in [0.2, 0.25) is 0 Å². The summed E-state index contributed by atoms with van der Waals surface area (Å²) >= 11 is 0. The number of halogens is 2. The third-order valence-electron chi connectivity index (χ3n) is 1.75. The van der Waals surface area contributed by atoms with Gasteiger partial charge in [-0.05, 0) is 0 Å². The number of hydrogen-bond donors (Lipinski definition) is 0. The lowest BCUT2D eigenvalue weighted by Crippen LogP contribution is -2.04. The van der Waals surface area contributed by atoms with Crippen molar-refractivity contribution in [2.45, 2.75) is 6.43 Å². The molecule has 0 aliphatic heterocycles. The molecule has 6 nitrogen and oxygen atoms in total. The van der Waals surface area contributed by atoms with Crippen molar-refractivity contribution >= 4 is 12.0 Å². The Bertz CT molecular complexity index is 436. The molecular weight excluding hydrogens is 226 g/mol. The van der Waals surface area contributed by atoms with Crippen molar-refractivity contribution in [2.75, 3.05) is 7.11 Å². The van der Waals surface area contributed by atoms with Crippen LogP contribution in [0.25, 0.3) is 0 Å². The number of aromatic nitrogens is 1. The smallest absolute Gasteiger partial charge is 0.331 e. The molecular formula is C8H6F2N2O4. The van der Waals surface area contributed by atoms with Crippen molar-refractivity contribution in [3.8, 4) is 5.88 Å². The van der Waals surface area contributed by atoms with Crippen molar-refractivity contribution in [1.82, 2.24) is 4.98 Å². The average molecular weight is 232 g/mol. The van der Waals surface area contributed by atoms with Gasteiger partial charge in [0.15, 0.2) is 6.29 Å². The molecule has 1 aromatic heterocycles. The Labute approximate surface area is 88.0 Å². The first-order valence-electron chi connectivity index (χ1n) is 3.98. The first-order chi connectivity index (χ1) is 7.51. The summed E-state index contributed by atoms with van der Waals surface area (Å²) in [6.45, 7) is 0. The first-order valence-corrected chi connectivity index (χ1v) is 3.98. The summed E-state index contributed by atoms with van der Waals surface area (Å²) in [5.74, 6) is -0.550. The summed E-state index contributed by atoms with van der Waals surface area (Å²) in [5, 5.41) is 10.5. The van der Waals surface area contributed by atoms with Gasteiger partial charge in [-0.2, -0.15) is 0 Å². The standard InChI is InChI=1S/C8H6F2N2O4/c1-16-8-5(12(14)15)2-4(3-13)6(11-8)7(9)10/h2-3,7H,1H3. The van der Waals surface area contributed by atoms with E-state index >= 15 is 0 Å². The van der Waals surface area contributed by atoms with Crippen molar-refractivity contribution in [2.24, 2.45) is 0 Å². The summed E-state index contributed by atoms with van der Waals surface area (Å²) in [4.78, 5) is 23.4. The van der Waals surface area contributed by atoms with Gasteiger partial charge in [-0.15, -0.1) is 0 Å². The summed E-state index contributed by atoms with van der Waals surface area (Å²) < 4.78 is 29.3.